The van der Waals surface area contributed by atoms with Crippen LogP contribution in [-0.2, 0) is 17.9 Å². The minimum atomic E-state index is -0.701. The third-order valence-electron chi connectivity index (χ3n) is 1.98. The highest BCUT2D eigenvalue weighted by Crippen LogP contribution is 2.09. The summed E-state index contributed by atoms with van der Waals surface area (Å²) in [6.45, 7) is 5.23. The van der Waals surface area contributed by atoms with E-state index in [1.807, 2.05) is 18.0 Å². The molecule has 0 aromatic carbocycles. The van der Waals surface area contributed by atoms with E-state index < -0.39 is 5.60 Å². The zero-order chi connectivity index (χ0) is 12.2. The summed E-state index contributed by atoms with van der Waals surface area (Å²) in [5.74, 6) is 0.717. The highest BCUT2D eigenvalue weighted by Gasteiger charge is 2.16. The molecule has 0 bridgehead atoms. The monoisotopic (exact) mass is 228 g/mol. The number of rotatable bonds is 6. The van der Waals surface area contributed by atoms with Gasteiger partial charge in [0.15, 0.2) is 5.76 Å². The van der Waals surface area contributed by atoms with E-state index in [0.29, 0.717) is 25.5 Å². The van der Waals surface area contributed by atoms with Crippen LogP contribution in [0.15, 0.2) is 10.6 Å². The molecule has 1 rings (SSSR count). The van der Waals surface area contributed by atoms with Crippen molar-refractivity contribution in [3.05, 3.63) is 17.5 Å². The summed E-state index contributed by atoms with van der Waals surface area (Å²) >= 11 is 0. The summed E-state index contributed by atoms with van der Waals surface area (Å²) in [4.78, 5) is 1.99. The molecule has 92 valence electrons. The van der Waals surface area contributed by atoms with Gasteiger partial charge in [0.25, 0.3) is 0 Å². The van der Waals surface area contributed by atoms with Crippen LogP contribution in [0.4, 0.5) is 0 Å². The summed E-state index contributed by atoms with van der Waals surface area (Å²) in [5.41, 5.74) is 0.146. The second-order valence-corrected chi connectivity index (χ2v) is 4.70. The molecule has 0 unspecified atom stereocenters. The largest absolute Gasteiger partial charge is 0.389 e. The Bertz CT molecular complexity index is 317. The Morgan fingerprint density at radius 3 is 2.81 bits per heavy atom. The average molecular weight is 228 g/mol. The summed E-state index contributed by atoms with van der Waals surface area (Å²) in [6, 6.07) is 1.87. The van der Waals surface area contributed by atoms with Crippen molar-refractivity contribution in [3.63, 3.8) is 0 Å². The van der Waals surface area contributed by atoms with Gasteiger partial charge in [0.1, 0.15) is 6.61 Å². The van der Waals surface area contributed by atoms with E-state index in [1.165, 1.54) is 0 Å². The van der Waals surface area contributed by atoms with Crippen LogP contribution in [0.25, 0.3) is 0 Å². The molecule has 0 radical (unpaired) electrons. The van der Waals surface area contributed by atoms with Gasteiger partial charge in [-0.05, 0) is 20.9 Å². The van der Waals surface area contributed by atoms with E-state index in [9.17, 15) is 5.11 Å². The number of likely N-dealkylation sites (N-methyl/N-ethyl adjacent to an activating group) is 1. The van der Waals surface area contributed by atoms with Crippen LogP contribution in [-0.4, -0.2) is 41.5 Å². The lowest BCUT2D eigenvalue weighted by molar-refractivity contribution is 0.0419. The molecule has 1 aromatic heterocycles. The van der Waals surface area contributed by atoms with Crippen LogP contribution in [0.3, 0.4) is 0 Å². The average Bonchev–Trinajstić information content (AvgIpc) is 2.49. The molecular formula is C11H20N2O3. The molecule has 0 amide bonds. The Labute approximate surface area is 96.0 Å². The molecule has 0 fully saturated rings. The fourth-order valence-corrected chi connectivity index (χ4v) is 1.63. The number of methoxy groups -OCH3 is 1. The summed E-state index contributed by atoms with van der Waals surface area (Å²) < 4.78 is 10.0. The molecule has 1 aromatic rings. The molecule has 0 saturated carbocycles. The van der Waals surface area contributed by atoms with Crippen LogP contribution < -0.4 is 0 Å². The molecule has 1 heterocycles. The van der Waals surface area contributed by atoms with Crippen LogP contribution in [0.2, 0.25) is 0 Å². The van der Waals surface area contributed by atoms with Crippen molar-refractivity contribution in [2.75, 3.05) is 20.7 Å². The number of hydrogen-bond donors (Lipinski definition) is 1. The molecule has 5 heteroatoms. The van der Waals surface area contributed by atoms with Crippen molar-refractivity contribution in [2.45, 2.75) is 32.6 Å². The second-order valence-electron chi connectivity index (χ2n) is 4.70. The molecular weight excluding hydrogens is 208 g/mol. The van der Waals surface area contributed by atoms with Gasteiger partial charge < -0.3 is 14.4 Å². The summed E-state index contributed by atoms with van der Waals surface area (Å²) in [7, 11) is 3.55. The maximum atomic E-state index is 9.65. The normalized spacial score (nSPS) is 12.4. The Balaban J connectivity index is 2.46. The first-order chi connectivity index (χ1) is 7.40. The van der Waals surface area contributed by atoms with E-state index in [1.54, 1.807) is 21.0 Å². The highest BCUT2D eigenvalue weighted by atomic mass is 16.5. The lowest BCUT2D eigenvalue weighted by Gasteiger charge is -2.24. The SMILES string of the molecule is COCc1cc(CN(C)CC(C)(C)O)no1. The lowest BCUT2D eigenvalue weighted by atomic mass is 10.1. The van der Waals surface area contributed by atoms with Gasteiger partial charge in [-0.15, -0.1) is 0 Å². The Morgan fingerprint density at radius 2 is 2.25 bits per heavy atom. The fraction of sp³-hybridized carbons (Fsp3) is 0.727. The van der Waals surface area contributed by atoms with Crippen molar-refractivity contribution in [3.8, 4) is 0 Å². The maximum absolute atomic E-state index is 9.65. The lowest BCUT2D eigenvalue weighted by Crippen LogP contribution is -2.35. The number of ether oxygens (including phenoxy) is 1. The molecule has 1 N–H and O–H groups in total. The van der Waals surface area contributed by atoms with Crippen LogP contribution in [0.1, 0.15) is 25.3 Å². The van der Waals surface area contributed by atoms with Gasteiger partial charge in [0.05, 0.1) is 11.3 Å². The van der Waals surface area contributed by atoms with E-state index >= 15 is 0 Å². The van der Waals surface area contributed by atoms with Crippen molar-refractivity contribution >= 4 is 0 Å². The Kier molecular flexibility index (Phi) is 4.46. The predicted molar refractivity (Wildman–Crippen MR) is 59.8 cm³/mol. The van der Waals surface area contributed by atoms with Gasteiger partial charge >= 0.3 is 0 Å². The summed E-state index contributed by atoms with van der Waals surface area (Å²) in [5, 5.41) is 13.6. The molecule has 0 aliphatic carbocycles. The third kappa shape index (κ3) is 4.74. The van der Waals surface area contributed by atoms with Gasteiger partial charge in [-0.25, -0.2) is 0 Å². The molecule has 0 aliphatic rings. The van der Waals surface area contributed by atoms with Gasteiger partial charge in [-0.3, -0.25) is 4.90 Å². The zero-order valence-corrected chi connectivity index (χ0v) is 10.4. The van der Waals surface area contributed by atoms with Crippen LogP contribution in [0, 0.1) is 0 Å². The number of aromatic nitrogens is 1. The van der Waals surface area contributed by atoms with Gasteiger partial charge in [-0.2, -0.15) is 0 Å². The van der Waals surface area contributed by atoms with Crippen LogP contribution >= 0.6 is 0 Å². The number of hydrogen-bond acceptors (Lipinski definition) is 5. The van der Waals surface area contributed by atoms with Crippen LogP contribution in [0.5, 0.6) is 0 Å². The second kappa shape index (κ2) is 5.43. The number of aliphatic hydroxyl groups is 1. The topological polar surface area (TPSA) is 58.7 Å². The molecule has 0 spiro atoms. The van der Waals surface area contributed by atoms with E-state index in [-0.39, 0.29) is 0 Å². The predicted octanol–water partition coefficient (Wildman–Crippen LogP) is 1.02. The van der Waals surface area contributed by atoms with Crippen molar-refractivity contribution < 1.29 is 14.4 Å². The van der Waals surface area contributed by atoms with Crippen molar-refractivity contribution in [1.82, 2.24) is 10.1 Å². The molecule has 16 heavy (non-hydrogen) atoms. The minimum absolute atomic E-state index is 0.433. The fourth-order valence-electron chi connectivity index (χ4n) is 1.63. The van der Waals surface area contributed by atoms with Gasteiger partial charge in [0.2, 0.25) is 0 Å². The first-order valence-corrected chi connectivity index (χ1v) is 5.25. The minimum Gasteiger partial charge on any atom is -0.389 e. The highest BCUT2D eigenvalue weighted by molar-refractivity contribution is 5.04. The van der Waals surface area contributed by atoms with Gasteiger partial charge in [-0.1, -0.05) is 5.16 Å². The standard InChI is InChI=1S/C11H20N2O3/c1-11(2,14)8-13(3)6-9-5-10(7-15-4)16-12-9/h5,14H,6-8H2,1-4H3. The first-order valence-electron chi connectivity index (χ1n) is 5.25. The quantitative estimate of drug-likeness (QED) is 0.788. The molecule has 5 nitrogen and oxygen atoms in total. The van der Waals surface area contributed by atoms with Crippen molar-refractivity contribution in [1.29, 1.82) is 0 Å². The Hall–Kier alpha value is -0.910. The van der Waals surface area contributed by atoms with E-state index in [0.717, 1.165) is 5.69 Å². The van der Waals surface area contributed by atoms with E-state index in [4.69, 9.17) is 9.26 Å². The smallest absolute Gasteiger partial charge is 0.162 e. The zero-order valence-electron chi connectivity index (χ0n) is 10.4. The van der Waals surface area contributed by atoms with Crippen molar-refractivity contribution in [2.24, 2.45) is 0 Å². The molecule has 0 aliphatic heterocycles. The molecule has 0 atom stereocenters. The summed E-state index contributed by atoms with van der Waals surface area (Å²) in [6.07, 6.45) is 0. The Morgan fingerprint density at radius 1 is 1.56 bits per heavy atom. The molecule has 0 saturated heterocycles. The van der Waals surface area contributed by atoms with E-state index in [2.05, 4.69) is 5.16 Å². The third-order valence-corrected chi connectivity index (χ3v) is 1.98. The first kappa shape index (κ1) is 13.2. The maximum Gasteiger partial charge on any atom is 0.162 e. The van der Waals surface area contributed by atoms with Gasteiger partial charge in [0, 0.05) is 26.3 Å². The number of nitrogens with zero attached hydrogens (tertiary/aromatic N) is 2.